The van der Waals surface area contributed by atoms with Crippen molar-refractivity contribution in [1.82, 2.24) is 0 Å². The molecule has 0 saturated carbocycles. The highest BCUT2D eigenvalue weighted by atomic mass is 79.9. The van der Waals surface area contributed by atoms with Crippen LogP contribution in [-0.2, 0) is 0 Å². The second-order valence-electron chi connectivity index (χ2n) is 4.93. The maximum atomic E-state index is 13.0. The number of hydrogen-bond donors (Lipinski definition) is 0. The first-order chi connectivity index (χ1) is 10.2. The first-order valence-electron chi connectivity index (χ1n) is 7.16. The van der Waals surface area contributed by atoms with E-state index in [0.717, 1.165) is 40.4 Å². The lowest BCUT2D eigenvalue weighted by Crippen LogP contribution is -1.85. The van der Waals surface area contributed by atoms with E-state index in [1.54, 1.807) is 0 Å². The molecule has 0 aromatic heterocycles. The SMILES string of the molecule is CCCCC(=C=Cc1ccc(Br)cc1)c1ccc(F)cc1. The Morgan fingerprint density at radius 1 is 1.10 bits per heavy atom. The van der Waals surface area contributed by atoms with E-state index in [1.807, 2.05) is 42.5 Å². The van der Waals surface area contributed by atoms with Crippen LogP contribution in [0, 0.1) is 5.82 Å². The van der Waals surface area contributed by atoms with Gasteiger partial charge in [-0.2, -0.15) is 0 Å². The summed E-state index contributed by atoms with van der Waals surface area (Å²) in [7, 11) is 0. The van der Waals surface area contributed by atoms with Gasteiger partial charge in [0.05, 0.1) is 0 Å². The highest BCUT2D eigenvalue weighted by Gasteiger charge is 2.01. The van der Waals surface area contributed by atoms with Gasteiger partial charge in [0, 0.05) is 10.0 Å². The molecule has 0 radical (unpaired) electrons. The van der Waals surface area contributed by atoms with Crippen LogP contribution in [0.2, 0.25) is 0 Å². The quantitative estimate of drug-likeness (QED) is 0.545. The number of rotatable bonds is 5. The van der Waals surface area contributed by atoms with Crippen molar-refractivity contribution >= 4 is 27.6 Å². The summed E-state index contributed by atoms with van der Waals surface area (Å²) in [4.78, 5) is 0. The normalized spacial score (nSPS) is 10.0. The zero-order valence-electron chi connectivity index (χ0n) is 12.1. The Balaban J connectivity index is 2.32. The zero-order chi connectivity index (χ0) is 15.1. The maximum absolute atomic E-state index is 13.0. The summed E-state index contributed by atoms with van der Waals surface area (Å²) in [6.45, 7) is 2.17. The summed E-state index contributed by atoms with van der Waals surface area (Å²) in [6, 6.07) is 14.8. The van der Waals surface area contributed by atoms with E-state index in [4.69, 9.17) is 0 Å². The fourth-order valence-corrected chi connectivity index (χ4v) is 2.30. The van der Waals surface area contributed by atoms with Crippen LogP contribution < -0.4 is 0 Å². The topological polar surface area (TPSA) is 0 Å². The van der Waals surface area contributed by atoms with E-state index in [1.165, 1.54) is 12.1 Å². The molecule has 0 fully saturated rings. The van der Waals surface area contributed by atoms with E-state index in [0.29, 0.717) is 0 Å². The molecule has 0 N–H and O–H groups in total. The molecular weight excluding hydrogens is 327 g/mol. The number of unbranched alkanes of at least 4 members (excludes halogenated alkanes) is 1. The van der Waals surface area contributed by atoms with Crippen LogP contribution in [0.1, 0.15) is 37.3 Å². The van der Waals surface area contributed by atoms with Gasteiger partial charge in [0.2, 0.25) is 0 Å². The van der Waals surface area contributed by atoms with Crippen LogP contribution in [0.5, 0.6) is 0 Å². The van der Waals surface area contributed by atoms with Gasteiger partial charge in [-0.05, 0) is 54.3 Å². The predicted molar refractivity (Wildman–Crippen MR) is 91.5 cm³/mol. The van der Waals surface area contributed by atoms with E-state index in [9.17, 15) is 4.39 Å². The summed E-state index contributed by atoms with van der Waals surface area (Å²) in [6.07, 6.45) is 5.18. The molecule has 0 aliphatic heterocycles. The van der Waals surface area contributed by atoms with Crippen LogP contribution in [0.15, 0.2) is 58.7 Å². The maximum Gasteiger partial charge on any atom is 0.123 e. The third kappa shape index (κ3) is 5.00. The molecule has 0 aliphatic carbocycles. The number of hydrogen-bond acceptors (Lipinski definition) is 0. The van der Waals surface area contributed by atoms with E-state index in [-0.39, 0.29) is 5.82 Å². The summed E-state index contributed by atoms with van der Waals surface area (Å²) >= 11 is 3.43. The Labute approximate surface area is 134 Å². The highest BCUT2D eigenvalue weighted by molar-refractivity contribution is 9.10. The fourth-order valence-electron chi connectivity index (χ4n) is 2.03. The standard InChI is InChI=1S/C19H18BrF/c1-2-3-4-16(17-9-13-19(21)14-10-17)8-5-15-6-11-18(20)12-7-15/h5-7,9-14H,2-4H2,1H3. The van der Waals surface area contributed by atoms with Crippen molar-refractivity contribution in [2.45, 2.75) is 26.2 Å². The lowest BCUT2D eigenvalue weighted by atomic mass is 10.0. The minimum Gasteiger partial charge on any atom is -0.207 e. The lowest BCUT2D eigenvalue weighted by Gasteiger charge is -2.04. The van der Waals surface area contributed by atoms with Gasteiger partial charge in [-0.3, -0.25) is 0 Å². The van der Waals surface area contributed by atoms with Crippen LogP contribution in [-0.4, -0.2) is 0 Å². The van der Waals surface area contributed by atoms with Gasteiger partial charge < -0.3 is 0 Å². The van der Waals surface area contributed by atoms with Gasteiger partial charge in [0.15, 0.2) is 0 Å². The molecule has 0 heterocycles. The molecule has 0 aliphatic rings. The minimum absolute atomic E-state index is 0.203. The molecule has 0 amide bonds. The van der Waals surface area contributed by atoms with Crippen molar-refractivity contribution in [2.24, 2.45) is 0 Å². The molecular formula is C19H18BrF. The molecule has 0 unspecified atom stereocenters. The second-order valence-corrected chi connectivity index (χ2v) is 5.84. The molecule has 0 spiro atoms. The van der Waals surface area contributed by atoms with Crippen molar-refractivity contribution in [2.75, 3.05) is 0 Å². The Bertz CT molecular complexity index is 632. The van der Waals surface area contributed by atoms with Crippen molar-refractivity contribution in [3.63, 3.8) is 0 Å². The minimum atomic E-state index is -0.203. The third-order valence-electron chi connectivity index (χ3n) is 3.26. The van der Waals surface area contributed by atoms with E-state index < -0.39 is 0 Å². The molecule has 2 rings (SSSR count). The monoisotopic (exact) mass is 344 g/mol. The van der Waals surface area contributed by atoms with Crippen LogP contribution >= 0.6 is 15.9 Å². The predicted octanol–water partition coefficient (Wildman–Crippen LogP) is 6.47. The van der Waals surface area contributed by atoms with Crippen molar-refractivity contribution < 1.29 is 4.39 Å². The summed E-state index contributed by atoms with van der Waals surface area (Å²) in [5, 5.41) is 0. The van der Waals surface area contributed by atoms with Gasteiger partial charge in [-0.1, -0.05) is 53.5 Å². The zero-order valence-corrected chi connectivity index (χ0v) is 13.7. The molecule has 0 nitrogen and oxygen atoms in total. The first-order valence-corrected chi connectivity index (χ1v) is 7.95. The van der Waals surface area contributed by atoms with Crippen LogP contribution in [0.25, 0.3) is 11.6 Å². The van der Waals surface area contributed by atoms with Crippen molar-refractivity contribution in [1.29, 1.82) is 0 Å². The van der Waals surface area contributed by atoms with Gasteiger partial charge >= 0.3 is 0 Å². The average molecular weight is 345 g/mol. The van der Waals surface area contributed by atoms with E-state index >= 15 is 0 Å². The number of allylic oxidation sites excluding steroid dienone is 1. The van der Waals surface area contributed by atoms with Crippen molar-refractivity contribution in [3.8, 4) is 0 Å². The molecule has 0 saturated heterocycles. The van der Waals surface area contributed by atoms with Gasteiger partial charge in [0.25, 0.3) is 0 Å². The lowest BCUT2D eigenvalue weighted by molar-refractivity contribution is 0.627. The van der Waals surface area contributed by atoms with Crippen LogP contribution in [0.3, 0.4) is 0 Å². The molecule has 21 heavy (non-hydrogen) atoms. The Kier molecular flexibility index (Phi) is 5.98. The third-order valence-corrected chi connectivity index (χ3v) is 3.78. The molecule has 2 aromatic rings. The van der Waals surface area contributed by atoms with Gasteiger partial charge in [-0.25, -0.2) is 4.39 Å². The smallest absolute Gasteiger partial charge is 0.123 e. The molecule has 0 atom stereocenters. The fraction of sp³-hybridized carbons (Fsp3) is 0.211. The molecule has 108 valence electrons. The Morgan fingerprint density at radius 3 is 2.38 bits per heavy atom. The first kappa shape index (κ1) is 15.8. The number of benzene rings is 2. The van der Waals surface area contributed by atoms with Crippen molar-refractivity contribution in [3.05, 3.63) is 75.7 Å². The summed E-state index contributed by atoms with van der Waals surface area (Å²) in [5.74, 6) is -0.203. The number of halogens is 2. The average Bonchev–Trinajstić information content (AvgIpc) is 2.50. The Morgan fingerprint density at radius 2 is 1.76 bits per heavy atom. The molecule has 2 heteroatoms. The highest BCUT2D eigenvalue weighted by Crippen LogP contribution is 2.21. The summed E-state index contributed by atoms with van der Waals surface area (Å²) in [5.41, 5.74) is 6.65. The van der Waals surface area contributed by atoms with Gasteiger partial charge in [-0.15, -0.1) is 5.73 Å². The molecule has 2 aromatic carbocycles. The second kappa shape index (κ2) is 7.97. The Hall–Kier alpha value is -1.63. The summed E-state index contributed by atoms with van der Waals surface area (Å²) < 4.78 is 14.1. The van der Waals surface area contributed by atoms with E-state index in [2.05, 4.69) is 28.6 Å². The molecule has 0 bridgehead atoms. The van der Waals surface area contributed by atoms with Crippen LogP contribution in [0.4, 0.5) is 4.39 Å². The largest absolute Gasteiger partial charge is 0.207 e. The van der Waals surface area contributed by atoms with Gasteiger partial charge in [0.1, 0.15) is 5.82 Å².